The molecule has 0 aromatic carbocycles. The van der Waals surface area contributed by atoms with Crippen molar-refractivity contribution in [2.45, 2.75) is 56.7 Å². The van der Waals surface area contributed by atoms with E-state index in [1.165, 1.54) is 6.42 Å². The number of rotatable bonds is 2. The Morgan fingerprint density at radius 3 is 2.62 bits per heavy atom. The van der Waals surface area contributed by atoms with Crippen LogP contribution in [0.15, 0.2) is 0 Å². The number of carbonyl (C=O) groups is 1. The number of hydrogen-bond acceptors (Lipinski definition) is 3. The summed E-state index contributed by atoms with van der Waals surface area (Å²) < 4.78 is 5.86. The average Bonchev–Trinajstić information content (AvgIpc) is 2.29. The van der Waals surface area contributed by atoms with Crippen LogP contribution in [-0.2, 0) is 9.53 Å². The smallest absolute Gasteiger partial charge is 0.332 e. The van der Waals surface area contributed by atoms with Gasteiger partial charge in [-0.2, -0.15) is 0 Å². The second kappa shape index (κ2) is 4.72. The normalized spacial score (nSPS) is 31.2. The first kappa shape index (κ1) is 11.9. The average molecular weight is 228 g/mol. The molecule has 1 spiro atoms. The number of carboxylic acid groups (broad SMARTS) is 1. The lowest BCUT2D eigenvalue weighted by Crippen LogP contribution is -2.45. The second-order valence-electron chi connectivity index (χ2n) is 5.13. The van der Waals surface area contributed by atoms with E-state index in [4.69, 9.17) is 9.84 Å². The van der Waals surface area contributed by atoms with Crippen LogP contribution >= 0.6 is 0 Å². The summed E-state index contributed by atoms with van der Waals surface area (Å²) in [6.45, 7) is 0.592. The van der Waals surface area contributed by atoms with Crippen LogP contribution in [-0.4, -0.2) is 34.5 Å². The molecule has 2 rings (SSSR count). The van der Waals surface area contributed by atoms with Crippen molar-refractivity contribution in [3.63, 3.8) is 0 Å². The zero-order valence-corrected chi connectivity index (χ0v) is 9.52. The highest BCUT2D eigenvalue weighted by Gasteiger charge is 2.41. The van der Waals surface area contributed by atoms with Crippen molar-refractivity contribution in [2.75, 3.05) is 6.61 Å². The van der Waals surface area contributed by atoms with Gasteiger partial charge in [-0.05, 0) is 25.7 Å². The third kappa shape index (κ3) is 2.38. The molecule has 0 bridgehead atoms. The van der Waals surface area contributed by atoms with Gasteiger partial charge in [-0.1, -0.05) is 19.3 Å². The van der Waals surface area contributed by atoms with Crippen LogP contribution < -0.4 is 0 Å². The van der Waals surface area contributed by atoms with Crippen LogP contribution in [0.1, 0.15) is 44.9 Å². The van der Waals surface area contributed by atoms with Crippen LogP contribution in [0, 0.1) is 5.92 Å². The molecule has 2 unspecified atom stereocenters. The maximum Gasteiger partial charge on any atom is 0.332 e. The summed E-state index contributed by atoms with van der Waals surface area (Å²) in [5, 5.41) is 18.4. The molecular formula is C12H20O4. The Hall–Kier alpha value is -0.610. The van der Waals surface area contributed by atoms with Gasteiger partial charge in [0.15, 0.2) is 6.10 Å². The van der Waals surface area contributed by atoms with Gasteiger partial charge >= 0.3 is 5.97 Å². The van der Waals surface area contributed by atoms with Gasteiger partial charge in [0, 0.05) is 12.5 Å². The van der Waals surface area contributed by atoms with Crippen LogP contribution in [0.4, 0.5) is 0 Å². The quantitative estimate of drug-likeness (QED) is 0.752. The minimum Gasteiger partial charge on any atom is -0.479 e. The maximum absolute atomic E-state index is 10.8. The van der Waals surface area contributed by atoms with Gasteiger partial charge in [0.25, 0.3) is 0 Å². The van der Waals surface area contributed by atoms with E-state index in [0.29, 0.717) is 19.4 Å². The van der Waals surface area contributed by atoms with Gasteiger partial charge < -0.3 is 14.9 Å². The Kier molecular flexibility index (Phi) is 3.50. The zero-order valence-electron chi connectivity index (χ0n) is 9.52. The van der Waals surface area contributed by atoms with E-state index in [1.807, 2.05) is 0 Å². The lowest BCUT2D eigenvalue weighted by atomic mass is 9.74. The fourth-order valence-electron chi connectivity index (χ4n) is 3.08. The molecule has 1 heterocycles. The standard InChI is InChI=1S/C12H20O4/c13-10(11(14)15)9-4-7-16-12(8-9)5-2-1-3-6-12/h9-10,13H,1-8H2,(H,14,15). The van der Waals surface area contributed by atoms with E-state index >= 15 is 0 Å². The monoisotopic (exact) mass is 228 g/mol. The molecule has 1 aliphatic heterocycles. The first-order valence-electron chi connectivity index (χ1n) is 6.18. The van der Waals surface area contributed by atoms with Gasteiger partial charge in [0.05, 0.1) is 5.60 Å². The van der Waals surface area contributed by atoms with Crippen LogP contribution in [0.3, 0.4) is 0 Å². The lowest BCUT2D eigenvalue weighted by Gasteiger charge is -2.44. The molecular weight excluding hydrogens is 208 g/mol. The summed E-state index contributed by atoms with van der Waals surface area (Å²) in [5.41, 5.74) is -0.127. The summed E-state index contributed by atoms with van der Waals surface area (Å²) in [7, 11) is 0. The van der Waals surface area contributed by atoms with Gasteiger partial charge in [-0.25, -0.2) is 4.79 Å². The van der Waals surface area contributed by atoms with E-state index in [-0.39, 0.29) is 11.5 Å². The Morgan fingerprint density at radius 1 is 1.31 bits per heavy atom. The largest absolute Gasteiger partial charge is 0.479 e. The summed E-state index contributed by atoms with van der Waals surface area (Å²) >= 11 is 0. The molecule has 2 fully saturated rings. The third-order valence-corrected chi connectivity index (χ3v) is 4.00. The molecule has 1 saturated carbocycles. The van der Waals surface area contributed by atoms with Gasteiger partial charge in [-0.15, -0.1) is 0 Å². The minimum atomic E-state index is -1.22. The van der Waals surface area contributed by atoms with Crippen molar-refractivity contribution in [3.8, 4) is 0 Å². The number of aliphatic carboxylic acids is 1. The molecule has 92 valence electrons. The summed E-state index contributed by atoms with van der Waals surface area (Å²) in [5.74, 6) is -1.23. The lowest BCUT2D eigenvalue weighted by molar-refractivity contribution is -0.162. The van der Waals surface area contributed by atoms with Gasteiger partial charge in [-0.3, -0.25) is 0 Å². The molecule has 0 aromatic rings. The molecule has 4 nitrogen and oxygen atoms in total. The topological polar surface area (TPSA) is 66.8 Å². The summed E-state index contributed by atoms with van der Waals surface area (Å²) in [4.78, 5) is 10.8. The van der Waals surface area contributed by atoms with Crippen molar-refractivity contribution in [1.82, 2.24) is 0 Å². The van der Waals surface area contributed by atoms with Crippen molar-refractivity contribution in [1.29, 1.82) is 0 Å². The highest BCUT2D eigenvalue weighted by Crippen LogP contribution is 2.41. The molecule has 2 N–H and O–H groups in total. The predicted octanol–water partition coefficient (Wildman–Crippen LogP) is 1.56. The van der Waals surface area contributed by atoms with E-state index < -0.39 is 12.1 Å². The molecule has 2 aliphatic rings. The first-order valence-corrected chi connectivity index (χ1v) is 6.18. The molecule has 0 amide bonds. The Morgan fingerprint density at radius 2 is 2.00 bits per heavy atom. The molecule has 16 heavy (non-hydrogen) atoms. The summed E-state index contributed by atoms with van der Waals surface area (Å²) in [6, 6.07) is 0. The summed E-state index contributed by atoms with van der Waals surface area (Å²) in [6.07, 6.45) is 5.77. The molecule has 4 heteroatoms. The molecule has 1 aliphatic carbocycles. The Bertz CT molecular complexity index is 252. The third-order valence-electron chi connectivity index (χ3n) is 4.00. The van der Waals surface area contributed by atoms with Crippen molar-refractivity contribution < 1.29 is 19.7 Å². The maximum atomic E-state index is 10.8. The fraction of sp³-hybridized carbons (Fsp3) is 0.917. The van der Waals surface area contributed by atoms with Crippen molar-refractivity contribution >= 4 is 5.97 Å². The van der Waals surface area contributed by atoms with Crippen molar-refractivity contribution in [3.05, 3.63) is 0 Å². The highest BCUT2D eigenvalue weighted by molar-refractivity contribution is 5.72. The SMILES string of the molecule is O=C(O)C(O)C1CCOC2(CCCCC2)C1. The zero-order chi connectivity index (χ0) is 11.6. The molecule has 1 saturated heterocycles. The van der Waals surface area contributed by atoms with E-state index in [1.54, 1.807) is 0 Å². The molecule has 0 radical (unpaired) electrons. The Balaban J connectivity index is 2.00. The van der Waals surface area contributed by atoms with E-state index in [9.17, 15) is 9.90 Å². The number of ether oxygens (including phenoxy) is 1. The molecule has 2 atom stereocenters. The van der Waals surface area contributed by atoms with E-state index in [2.05, 4.69) is 0 Å². The Labute approximate surface area is 95.6 Å². The van der Waals surface area contributed by atoms with Crippen LogP contribution in [0.25, 0.3) is 0 Å². The van der Waals surface area contributed by atoms with Gasteiger partial charge in [0.2, 0.25) is 0 Å². The highest BCUT2D eigenvalue weighted by atomic mass is 16.5. The number of aliphatic hydroxyl groups is 1. The predicted molar refractivity (Wildman–Crippen MR) is 58.1 cm³/mol. The van der Waals surface area contributed by atoms with E-state index in [0.717, 1.165) is 25.7 Å². The van der Waals surface area contributed by atoms with Crippen molar-refractivity contribution in [2.24, 2.45) is 5.92 Å². The number of carboxylic acids is 1. The van der Waals surface area contributed by atoms with Crippen LogP contribution in [0.5, 0.6) is 0 Å². The van der Waals surface area contributed by atoms with Gasteiger partial charge in [0.1, 0.15) is 0 Å². The fourth-order valence-corrected chi connectivity index (χ4v) is 3.08. The first-order chi connectivity index (χ1) is 7.63. The second-order valence-corrected chi connectivity index (χ2v) is 5.13. The molecule has 0 aromatic heterocycles. The van der Waals surface area contributed by atoms with Crippen LogP contribution in [0.2, 0.25) is 0 Å². The number of hydrogen-bond donors (Lipinski definition) is 2. The minimum absolute atomic E-state index is 0.127. The number of aliphatic hydroxyl groups excluding tert-OH is 1.